The molecule has 2 aromatic heterocycles. The van der Waals surface area contributed by atoms with Gasteiger partial charge < -0.3 is 19.7 Å². The highest BCUT2D eigenvalue weighted by molar-refractivity contribution is 5.70. The molecule has 0 radical (unpaired) electrons. The average Bonchev–Trinajstić information content (AvgIpc) is 3.10. The molecule has 1 aromatic carbocycles. The van der Waals surface area contributed by atoms with E-state index in [2.05, 4.69) is 15.4 Å². The highest BCUT2D eigenvalue weighted by Crippen LogP contribution is 2.29. The molecule has 1 amide bonds. The lowest BCUT2D eigenvalue weighted by atomic mass is 10.1. The minimum Gasteiger partial charge on any atom is -0.496 e. The number of amides is 1. The summed E-state index contributed by atoms with van der Waals surface area (Å²) < 4.78 is 12.4. The molecule has 0 atom stereocenters. The van der Waals surface area contributed by atoms with E-state index in [1.807, 2.05) is 50.2 Å². The fraction of sp³-hybridized carbons (Fsp3) is 0.350. The molecule has 8 heteroatoms. The molecule has 0 aliphatic heterocycles. The number of aromatic nitrogens is 3. The van der Waals surface area contributed by atoms with Crippen LogP contribution in [0.5, 0.6) is 5.75 Å². The SMILES string of the molecule is COc1ccccc1-c1cnc2ccc(NCCN(C)C(=O)OC(C)C)nn12. The number of anilines is 1. The number of nitrogens with one attached hydrogen (secondary N) is 1. The fourth-order valence-corrected chi connectivity index (χ4v) is 2.74. The van der Waals surface area contributed by atoms with Gasteiger partial charge in [-0.2, -0.15) is 0 Å². The Morgan fingerprint density at radius 2 is 2.04 bits per heavy atom. The Bertz CT molecular complexity index is 954. The molecule has 3 rings (SSSR count). The highest BCUT2D eigenvalue weighted by Gasteiger charge is 2.13. The van der Waals surface area contributed by atoms with Gasteiger partial charge in [0.2, 0.25) is 0 Å². The topological polar surface area (TPSA) is 81.0 Å². The number of hydrogen-bond acceptors (Lipinski definition) is 6. The molecule has 28 heavy (non-hydrogen) atoms. The van der Waals surface area contributed by atoms with E-state index in [4.69, 9.17) is 9.47 Å². The van der Waals surface area contributed by atoms with Crippen molar-refractivity contribution in [1.29, 1.82) is 0 Å². The summed E-state index contributed by atoms with van der Waals surface area (Å²) in [7, 11) is 3.35. The van der Waals surface area contributed by atoms with Gasteiger partial charge in [-0.25, -0.2) is 14.3 Å². The van der Waals surface area contributed by atoms with Crippen molar-refractivity contribution in [2.75, 3.05) is 32.6 Å². The minimum absolute atomic E-state index is 0.137. The van der Waals surface area contributed by atoms with Crippen molar-refractivity contribution in [2.24, 2.45) is 0 Å². The van der Waals surface area contributed by atoms with Gasteiger partial charge in [-0.1, -0.05) is 12.1 Å². The van der Waals surface area contributed by atoms with E-state index in [-0.39, 0.29) is 12.2 Å². The Hall–Kier alpha value is -3.29. The van der Waals surface area contributed by atoms with Crippen LogP contribution in [0.3, 0.4) is 0 Å². The van der Waals surface area contributed by atoms with Crippen LogP contribution >= 0.6 is 0 Å². The number of imidazole rings is 1. The summed E-state index contributed by atoms with van der Waals surface area (Å²) in [4.78, 5) is 17.8. The average molecular weight is 383 g/mol. The summed E-state index contributed by atoms with van der Waals surface area (Å²) in [5.41, 5.74) is 2.50. The third-order valence-electron chi connectivity index (χ3n) is 4.15. The lowest BCUT2D eigenvalue weighted by Gasteiger charge is -2.19. The second-order valence-electron chi connectivity index (χ2n) is 6.61. The number of nitrogens with zero attached hydrogens (tertiary/aromatic N) is 4. The zero-order valence-corrected chi connectivity index (χ0v) is 16.5. The van der Waals surface area contributed by atoms with Gasteiger partial charge in [0.1, 0.15) is 11.6 Å². The van der Waals surface area contributed by atoms with Crippen LogP contribution in [0, 0.1) is 0 Å². The molecule has 0 saturated heterocycles. The van der Waals surface area contributed by atoms with Crippen LogP contribution in [-0.2, 0) is 4.74 Å². The maximum Gasteiger partial charge on any atom is 0.409 e. The molecule has 0 bridgehead atoms. The molecule has 1 N–H and O–H groups in total. The number of para-hydroxylation sites is 1. The van der Waals surface area contributed by atoms with E-state index in [1.165, 1.54) is 4.90 Å². The first-order valence-electron chi connectivity index (χ1n) is 9.13. The maximum absolute atomic E-state index is 11.8. The van der Waals surface area contributed by atoms with Gasteiger partial charge in [-0.05, 0) is 38.1 Å². The summed E-state index contributed by atoms with van der Waals surface area (Å²) in [6.07, 6.45) is 1.30. The second-order valence-corrected chi connectivity index (χ2v) is 6.61. The summed E-state index contributed by atoms with van der Waals surface area (Å²) in [6, 6.07) is 11.5. The van der Waals surface area contributed by atoms with Crippen LogP contribution < -0.4 is 10.1 Å². The van der Waals surface area contributed by atoms with Gasteiger partial charge in [-0.15, -0.1) is 5.10 Å². The van der Waals surface area contributed by atoms with E-state index in [0.29, 0.717) is 18.9 Å². The predicted molar refractivity (Wildman–Crippen MR) is 108 cm³/mol. The second kappa shape index (κ2) is 8.60. The molecular weight excluding hydrogens is 358 g/mol. The Morgan fingerprint density at radius 3 is 2.79 bits per heavy atom. The van der Waals surface area contributed by atoms with Gasteiger partial charge in [0.05, 0.1) is 25.1 Å². The number of benzene rings is 1. The lowest BCUT2D eigenvalue weighted by molar-refractivity contribution is 0.0851. The van der Waals surface area contributed by atoms with E-state index in [0.717, 1.165) is 22.7 Å². The third kappa shape index (κ3) is 4.33. The fourth-order valence-electron chi connectivity index (χ4n) is 2.74. The number of hydrogen-bond donors (Lipinski definition) is 1. The molecular formula is C20H25N5O3. The smallest absolute Gasteiger partial charge is 0.409 e. The van der Waals surface area contributed by atoms with E-state index in [1.54, 1.807) is 24.9 Å². The molecule has 0 fully saturated rings. The lowest BCUT2D eigenvalue weighted by Crippen LogP contribution is -2.33. The van der Waals surface area contributed by atoms with E-state index in [9.17, 15) is 4.79 Å². The van der Waals surface area contributed by atoms with Crippen molar-refractivity contribution in [1.82, 2.24) is 19.5 Å². The summed E-state index contributed by atoms with van der Waals surface area (Å²) >= 11 is 0. The number of likely N-dealkylation sites (N-methyl/N-ethyl adjacent to an activating group) is 1. The minimum atomic E-state index is -0.340. The van der Waals surface area contributed by atoms with Crippen molar-refractivity contribution in [3.63, 3.8) is 0 Å². The number of fused-ring (bicyclic) bond motifs is 1. The number of carbonyl (C=O) groups excluding carboxylic acids is 1. The van der Waals surface area contributed by atoms with Crippen molar-refractivity contribution >= 4 is 17.6 Å². The molecule has 0 unspecified atom stereocenters. The number of ether oxygens (including phenoxy) is 2. The molecule has 0 saturated carbocycles. The Kier molecular flexibility index (Phi) is 5.98. The molecule has 0 aliphatic carbocycles. The number of rotatable bonds is 7. The first-order valence-corrected chi connectivity index (χ1v) is 9.13. The Labute approximate surface area is 164 Å². The molecule has 2 heterocycles. The summed E-state index contributed by atoms with van der Waals surface area (Å²) in [5, 5.41) is 7.86. The summed E-state index contributed by atoms with van der Waals surface area (Å²) in [5.74, 6) is 1.45. The monoisotopic (exact) mass is 383 g/mol. The number of methoxy groups -OCH3 is 1. The van der Waals surface area contributed by atoms with Crippen LogP contribution in [0.1, 0.15) is 13.8 Å². The number of carbonyl (C=O) groups is 1. The maximum atomic E-state index is 11.8. The normalized spacial score (nSPS) is 10.9. The van der Waals surface area contributed by atoms with Crippen LogP contribution in [0.15, 0.2) is 42.6 Å². The standard InChI is InChI=1S/C20H25N5O3/c1-14(2)28-20(26)24(3)12-11-21-18-9-10-19-22-13-16(25(19)23-18)15-7-5-6-8-17(15)27-4/h5-10,13-14H,11-12H2,1-4H3,(H,21,23). The quantitative estimate of drug-likeness (QED) is 0.674. The molecule has 3 aromatic rings. The first kappa shape index (κ1) is 19.5. The van der Waals surface area contributed by atoms with Crippen LogP contribution in [0.2, 0.25) is 0 Å². The van der Waals surface area contributed by atoms with E-state index >= 15 is 0 Å². The van der Waals surface area contributed by atoms with Gasteiger partial charge in [0.25, 0.3) is 0 Å². The molecule has 8 nitrogen and oxygen atoms in total. The summed E-state index contributed by atoms with van der Waals surface area (Å²) in [6.45, 7) is 4.69. The molecule has 148 valence electrons. The zero-order chi connectivity index (χ0) is 20.1. The Morgan fingerprint density at radius 1 is 1.25 bits per heavy atom. The third-order valence-corrected chi connectivity index (χ3v) is 4.15. The zero-order valence-electron chi connectivity index (χ0n) is 16.5. The van der Waals surface area contributed by atoms with Crippen LogP contribution in [0.4, 0.5) is 10.6 Å². The van der Waals surface area contributed by atoms with Crippen LogP contribution in [-0.4, -0.2) is 58.9 Å². The molecule has 0 aliphatic rings. The largest absolute Gasteiger partial charge is 0.496 e. The molecule has 0 spiro atoms. The van der Waals surface area contributed by atoms with Gasteiger partial charge in [0.15, 0.2) is 5.65 Å². The van der Waals surface area contributed by atoms with Crippen molar-refractivity contribution in [2.45, 2.75) is 20.0 Å². The van der Waals surface area contributed by atoms with Crippen molar-refractivity contribution in [3.05, 3.63) is 42.6 Å². The van der Waals surface area contributed by atoms with Gasteiger partial charge in [0, 0.05) is 25.7 Å². The first-order chi connectivity index (χ1) is 13.5. The van der Waals surface area contributed by atoms with E-state index < -0.39 is 0 Å². The van der Waals surface area contributed by atoms with Gasteiger partial charge in [-0.3, -0.25) is 0 Å². The van der Waals surface area contributed by atoms with Crippen molar-refractivity contribution in [3.8, 4) is 17.0 Å². The highest BCUT2D eigenvalue weighted by atomic mass is 16.6. The van der Waals surface area contributed by atoms with Crippen LogP contribution in [0.25, 0.3) is 16.9 Å². The van der Waals surface area contributed by atoms with Gasteiger partial charge >= 0.3 is 6.09 Å². The predicted octanol–water partition coefficient (Wildman–Crippen LogP) is 3.29. The Balaban J connectivity index is 1.73. The van der Waals surface area contributed by atoms with Crippen molar-refractivity contribution < 1.29 is 14.3 Å².